The number of methoxy groups -OCH3 is 3. The molecule has 5 heteroatoms. The molecule has 1 aromatic rings. The van der Waals surface area contributed by atoms with Gasteiger partial charge in [-0.15, -0.1) is 0 Å². The van der Waals surface area contributed by atoms with E-state index >= 15 is 0 Å². The number of ether oxygens (including phenoxy) is 4. The molecule has 0 saturated carbocycles. The van der Waals surface area contributed by atoms with Gasteiger partial charge in [0.15, 0.2) is 11.5 Å². The van der Waals surface area contributed by atoms with Gasteiger partial charge in [0.05, 0.1) is 27.4 Å². The van der Waals surface area contributed by atoms with Gasteiger partial charge in [0.25, 0.3) is 0 Å². The van der Waals surface area contributed by atoms with Crippen LogP contribution in [-0.2, 0) is 9.53 Å². The molecule has 0 radical (unpaired) electrons. The topological polar surface area (TPSA) is 54.0 Å². The second-order valence-electron chi connectivity index (χ2n) is 4.28. The number of benzene rings is 1. The standard InChI is InChI=1S/C15H20O5/c1-10(2)20-14(16)7-6-11-8-12(17-3)15(19-5)13(9-11)18-4/h6-10H,1-5H3/b7-6+. The molecular weight excluding hydrogens is 260 g/mol. The monoisotopic (exact) mass is 280 g/mol. The van der Waals surface area contributed by atoms with Crippen molar-refractivity contribution in [3.8, 4) is 17.2 Å². The SMILES string of the molecule is COc1cc(/C=C/C(=O)OC(C)C)cc(OC)c1OC. The molecule has 0 fully saturated rings. The Hall–Kier alpha value is -2.17. The Balaban J connectivity index is 3.02. The Morgan fingerprint density at radius 1 is 1.05 bits per heavy atom. The molecule has 20 heavy (non-hydrogen) atoms. The first-order valence-corrected chi connectivity index (χ1v) is 6.20. The van der Waals surface area contributed by atoms with E-state index in [2.05, 4.69) is 0 Å². The van der Waals surface area contributed by atoms with E-state index in [1.54, 1.807) is 32.1 Å². The summed E-state index contributed by atoms with van der Waals surface area (Å²) in [7, 11) is 4.62. The van der Waals surface area contributed by atoms with Gasteiger partial charge in [-0.1, -0.05) is 0 Å². The fraction of sp³-hybridized carbons (Fsp3) is 0.400. The van der Waals surface area contributed by atoms with Gasteiger partial charge in [0.1, 0.15) is 0 Å². The lowest BCUT2D eigenvalue weighted by Crippen LogP contribution is -2.08. The summed E-state index contributed by atoms with van der Waals surface area (Å²) in [5, 5.41) is 0. The van der Waals surface area contributed by atoms with Crippen LogP contribution in [0.15, 0.2) is 18.2 Å². The van der Waals surface area contributed by atoms with Crippen LogP contribution in [0.3, 0.4) is 0 Å². The Labute approximate surface area is 119 Å². The van der Waals surface area contributed by atoms with E-state index in [1.165, 1.54) is 27.4 Å². The summed E-state index contributed by atoms with van der Waals surface area (Å²) in [5.74, 6) is 1.18. The van der Waals surface area contributed by atoms with Crippen molar-refractivity contribution >= 4 is 12.0 Å². The third-order valence-electron chi connectivity index (χ3n) is 2.45. The van der Waals surface area contributed by atoms with E-state index in [4.69, 9.17) is 18.9 Å². The Morgan fingerprint density at radius 3 is 2.00 bits per heavy atom. The third-order valence-corrected chi connectivity index (χ3v) is 2.45. The van der Waals surface area contributed by atoms with Crippen molar-refractivity contribution in [1.82, 2.24) is 0 Å². The number of carbonyl (C=O) groups excluding carboxylic acids is 1. The fourth-order valence-corrected chi connectivity index (χ4v) is 1.63. The Kier molecular flexibility index (Phi) is 5.90. The summed E-state index contributed by atoms with van der Waals surface area (Å²) in [6.45, 7) is 3.59. The van der Waals surface area contributed by atoms with E-state index in [0.29, 0.717) is 17.2 Å². The number of hydrogen-bond acceptors (Lipinski definition) is 5. The molecule has 0 heterocycles. The average molecular weight is 280 g/mol. The first-order chi connectivity index (χ1) is 9.51. The maximum atomic E-state index is 11.5. The maximum Gasteiger partial charge on any atom is 0.331 e. The van der Waals surface area contributed by atoms with E-state index < -0.39 is 5.97 Å². The van der Waals surface area contributed by atoms with Gasteiger partial charge in [-0.3, -0.25) is 0 Å². The third kappa shape index (κ3) is 4.19. The van der Waals surface area contributed by atoms with Crippen LogP contribution in [0.25, 0.3) is 6.08 Å². The quantitative estimate of drug-likeness (QED) is 0.592. The van der Waals surface area contributed by atoms with Crippen molar-refractivity contribution in [3.63, 3.8) is 0 Å². The normalized spacial score (nSPS) is 10.7. The fourth-order valence-electron chi connectivity index (χ4n) is 1.63. The maximum absolute atomic E-state index is 11.5. The van der Waals surface area contributed by atoms with Crippen LogP contribution < -0.4 is 14.2 Å². The molecule has 0 amide bonds. The molecule has 0 atom stereocenters. The second-order valence-corrected chi connectivity index (χ2v) is 4.28. The Bertz CT molecular complexity index is 466. The van der Waals surface area contributed by atoms with Crippen molar-refractivity contribution in [2.24, 2.45) is 0 Å². The molecule has 0 spiro atoms. The molecule has 0 bridgehead atoms. The van der Waals surface area contributed by atoms with Crippen LogP contribution in [0, 0.1) is 0 Å². The molecule has 0 unspecified atom stereocenters. The lowest BCUT2D eigenvalue weighted by atomic mass is 10.1. The molecule has 0 N–H and O–H groups in total. The molecule has 110 valence electrons. The van der Waals surface area contributed by atoms with Gasteiger partial charge in [-0.2, -0.15) is 0 Å². The minimum Gasteiger partial charge on any atom is -0.493 e. The van der Waals surface area contributed by atoms with E-state index in [9.17, 15) is 4.79 Å². The van der Waals surface area contributed by atoms with Crippen LogP contribution in [-0.4, -0.2) is 33.4 Å². The molecule has 0 aliphatic rings. The lowest BCUT2D eigenvalue weighted by molar-refractivity contribution is -0.141. The number of carbonyl (C=O) groups is 1. The summed E-state index contributed by atoms with van der Waals surface area (Å²) in [5.41, 5.74) is 0.750. The summed E-state index contributed by atoms with van der Waals surface area (Å²) in [6.07, 6.45) is 2.85. The van der Waals surface area contributed by atoms with Crippen LogP contribution in [0.5, 0.6) is 17.2 Å². The van der Waals surface area contributed by atoms with Gasteiger partial charge >= 0.3 is 5.97 Å². The van der Waals surface area contributed by atoms with Gasteiger partial charge in [0.2, 0.25) is 5.75 Å². The van der Waals surface area contributed by atoms with Gasteiger partial charge < -0.3 is 18.9 Å². The van der Waals surface area contributed by atoms with Crippen LogP contribution in [0.2, 0.25) is 0 Å². The minimum absolute atomic E-state index is 0.146. The number of esters is 1. The van der Waals surface area contributed by atoms with Crippen molar-refractivity contribution < 1.29 is 23.7 Å². The molecule has 1 rings (SSSR count). The summed E-state index contributed by atoms with van der Waals surface area (Å²) >= 11 is 0. The van der Waals surface area contributed by atoms with Gasteiger partial charge in [-0.25, -0.2) is 4.79 Å². The van der Waals surface area contributed by atoms with Gasteiger partial charge in [-0.05, 0) is 37.6 Å². The molecular formula is C15H20O5. The van der Waals surface area contributed by atoms with Crippen LogP contribution in [0.1, 0.15) is 19.4 Å². The zero-order valence-electron chi connectivity index (χ0n) is 12.4. The number of rotatable bonds is 6. The van der Waals surface area contributed by atoms with Crippen molar-refractivity contribution in [2.45, 2.75) is 20.0 Å². The summed E-state index contributed by atoms with van der Waals surface area (Å²) in [4.78, 5) is 11.5. The highest BCUT2D eigenvalue weighted by molar-refractivity contribution is 5.87. The highest BCUT2D eigenvalue weighted by Crippen LogP contribution is 2.38. The second kappa shape index (κ2) is 7.43. The molecule has 5 nitrogen and oxygen atoms in total. The van der Waals surface area contributed by atoms with Crippen molar-refractivity contribution in [3.05, 3.63) is 23.8 Å². The van der Waals surface area contributed by atoms with E-state index in [0.717, 1.165) is 5.56 Å². The predicted molar refractivity (Wildman–Crippen MR) is 76.4 cm³/mol. The largest absolute Gasteiger partial charge is 0.493 e. The summed E-state index contributed by atoms with van der Waals surface area (Å²) < 4.78 is 20.7. The molecule has 0 aliphatic carbocycles. The molecule has 1 aromatic carbocycles. The molecule has 0 aliphatic heterocycles. The molecule has 0 aromatic heterocycles. The van der Waals surface area contributed by atoms with Gasteiger partial charge in [0, 0.05) is 6.08 Å². The zero-order chi connectivity index (χ0) is 15.1. The van der Waals surface area contributed by atoms with Crippen LogP contribution in [0.4, 0.5) is 0 Å². The first-order valence-electron chi connectivity index (χ1n) is 6.20. The van der Waals surface area contributed by atoms with E-state index in [-0.39, 0.29) is 6.10 Å². The average Bonchev–Trinajstić information content (AvgIpc) is 2.42. The van der Waals surface area contributed by atoms with Crippen molar-refractivity contribution in [2.75, 3.05) is 21.3 Å². The van der Waals surface area contributed by atoms with E-state index in [1.807, 2.05) is 0 Å². The molecule has 0 saturated heterocycles. The smallest absolute Gasteiger partial charge is 0.331 e. The predicted octanol–water partition coefficient (Wildman–Crippen LogP) is 2.68. The lowest BCUT2D eigenvalue weighted by Gasteiger charge is -2.12. The minimum atomic E-state index is -0.395. The highest BCUT2D eigenvalue weighted by atomic mass is 16.5. The highest BCUT2D eigenvalue weighted by Gasteiger charge is 2.12. The zero-order valence-corrected chi connectivity index (χ0v) is 12.4. The van der Waals surface area contributed by atoms with Crippen molar-refractivity contribution in [1.29, 1.82) is 0 Å². The number of hydrogen-bond donors (Lipinski definition) is 0. The van der Waals surface area contributed by atoms with Crippen LogP contribution >= 0.6 is 0 Å². The Morgan fingerprint density at radius 2 is 1.60 bits per heavy atom. The first kappa shape index (κ1) is 15.9. The summed E-state index contributed by atoms with van der Waals surface area (Å²) in [6, 6.07) is 3.50.